The van der Waals surface area contributed by atoms with Crippen LogP contribution in [0.1, 0.15) is 32.7 Å². The highest BCUT2D eigenvalue weighted by molar-refractivity contribution is 5.93. The number of fused-ring (bicyclic) bond motifs is 1. The first kappa shape index (κ1) is 19.4. The summed E-state index contributed by atoms with van der Waals surface area (Å²) in [6, 6.07) is 9.54. The van der Waals surface area contributed by atoms with Gasteiger partial charge in [0.25, 0.3) is 0 Å². The van der Waals surface area contributed by atoms with E-state index in [-0.39, 0.29) is 17.3 Å². The summed E-state index contributed by atoms with van der Waals surface area (Å²) in [4.78, 5) is 26.1. The Morgan fingerprint density at radius 1 is 1.21 bits per heavy atom. The smallest absolute Gasteiger partial charge is 0.335 e. The van der Waals surface area contributed by atoms with Gasteiger partial charge >= 0.3 is 5.97 Å². The molecule has 3 aromatic rings. The van der Waals surface area contributed by atoms with Crippen LogP contribution in [-0.2, 0) is 11.2 Å². The maximum atomic E-state index is 14.0. The molecule has 1 aromatic heterocycles. The van der Waals surface area contributed by atoms with E-state index in [1.807, 2.05) is 13.8 Å². The zero-order chi connectivity index (χ0) is 20.3. The fraction of sp³-hybridized carbons (Fsp3) is 0.182. The van der Waals surface area contributed by atoms with Crippen molar-refractivity contribution in [1.29, 1.82) is 0 Å². The van der Waals surface area contributed by atoms with Crippen LogP contribution < -0.4 is 5.32 Å². The third-order valence-corrected chi connectivity index (χ3v) is 4.66. The summed E-state index contributed by atoms with van der Waals surface area (Å²) in [6.45, 7) is 4.23. The fourth-order valence-corrected chi connectivity index (χ4v) is 3.27. The molecule has 0 spiro atoms. The number of aromatic amines is 1. The number of aromatic carboxylic acids is 1. The number of aromatic nitrogens is 1. The topological polar surface area (TPSA) is 82.2 Å². The van der Waals surface area contributed by atoms with E-state index < -0.39 is 5.97 Å². The number of aryl methyl sites for hydroxylation is 2. The predicted octanol–water partition coefficient (Wildman–Crippen LogP) is 3.99. The Balaban J connectivity index is 1.64. The third-order valence-electron chi connectivity index (χ3n) is 4.66. The highest BCUT2D eigenvalue weighted by Gasteiger charge is 2.13. The van der Waals surface area contributed by atoms with Crippen molar-refractivity contribution in [3.05, 3.63) is 76.2 Å². The van der Waals surface area contributed by atoms with Crippen molar-refractivity contribution in [2.75, 3.05) is 6.54 Å². The van der Waals surface area contributed by atoms with Gasteiger partial charge in [-0.3, -0.25) is 4.79 Å². The first-order valence-corrected chi connectivity index (χ1v) is 8.92. The van der Waals surface area contributed by atoms with Crippen molar-refractivity contribution in [1.82, 2.24) is 10.3 Å². The Morgan fingerprint density at radius 3 is 2.75 bits per heavy atom. The van der Waals surface area contributed by atoms with Crippen molar-refractivity contribution in [3.8, 4) is 0 Å². The molecule has 0 aliphatic heterocycles. The highest BCUT2D eigenvalue weighted by atomic mass is 19.1. The van der Waals surface area contributed by atoms with Gasteiger partial charge in [0, 0.05) is 23.7 Å². The zero-order valence-electron chi connectivity index (χ0n) is 15.7. The summed E-state index contributed by atoms with van der Waals surface area (Å²) in [5, 5.41) is 12.7. The first-order valence-electron chi connectivity index (χ1n) is 8.92. The second-order valence-electron chi connectivity index (χ2n) is 6.65. The number of halogens is 1. The van der Waals surface area contributed by atoms with Crippen LogP contribution in [0.2, 0.25) is 0 Å². The van der Waals surface area contributed by atoms with E-state index in [2.05, 4.69) is 10.3 Å². The minimum absolute atomic E-state index is 0.167. The molecule has 6 heteroatoms. The van der Waals surface area contributed by atoms with E-state index in [0.29, 0.717) is 24.0 Å². The summed E-state index contributed by atoms with van der Waals surface area (Å²) in [5.74, 6) is -1.58. The molecule has 0 saturated carbocycles. The van der Waals surface area contributed by atoms with Crippen molar-refractivity contribution < 1.29 is 19.1 Å². The molecule has 144 valence electrons. The van der Waals surface area contributed by atoms with Gasteiger partial charge in [-0.1, -0.05) is 18.2 Å². The number of carboxylic acids is 1. The summed E-state index contributed by atoms with van der Waals surface area (Å²) in [7, 11) is 0. The van der Waals surface area contributed by atoms with Crippen LogP contribution in [0.4, 0.5) is 4.39 Å². The average Bonchev–Trinajstić information content (AvgIpc) is 3.01. The number of carbonyl (C=O) groups excluding carboxylic acids is 1. The van der Waals surface area contributed by atoms with Gasteiger partial charge < -0.3 is 15.4 Å². The van der Waals surface area contributed by atoms with Crippen LogP contribution in [0.3, 0.4) is 0 Å². The molecule has 0 aliphatic carbocycles. The second-order valence-corrected chi connectivity index (χ2v) is 6.65. The van der Waals surface area contributed by atoms with Gasteiger partial charge in [-0.25, -0.2) is 9.18 Å². The Kier molecular flexibility index (Phi) is 5.59. The molecule has 1 amide bonds. The third kappa shape index (κ3) is 4.11. The number of benzene rings is 2. The summed E-state index contributed by atoms with van der Waals surface area (Å²) < 4.78 is 14.0. The molecule has 1 heterocycles. The van der Waals surface area contributed by atoms with Crippen LogP contribution >= 0.6 is 0 Å². The number of carbonyl (C=O) groups is 2. The summed E-state index contributed by atoms with van der Waals surface area (Å²) >= 11 is 0. The quantitative estimate of drug-likeness (QED) is 0.566. The fourth-order valence-electron chi connectivity index (χ4n) is 3.27. The summed E-state index contributed by atoms with van der Waals surface area (Å²) in [6.07, 6.45) is 3.51. The monoisotopic (exact) mass is 380 g/mol. The maximum Gasteiger partial charge on any atom is 0.335 e. The molecular weight excluding hydrogens is 359 g/mol. The van der Waals surface area contributed by atoms with Gasteiger partial charge in [0.2, 0.25) is 5.91 Å². The number of hydrogen-bond acceptors (Lipinski definition) is 2. The van der Waals surface area contributed by atoms with Crippen molar-refractivity contribution >= 4 is 28.9 Å². The van der Waals surface area contributed by atoms with Crippen molar-refractivity contribution in [3.63, 3.8) is 0 Å². The van der Waals surface area contributed by atoms with Crippen LogP contribution in [0, 0.1) is 19.7 Å². The Morgan fingerprint density at radius 2 is 2.00 bits per heavy atom. The molecule has 5 nitrogen and oxygen atoms in total. The van der Waals surface area contributed by atoms with Gasteiger partial charge in [-0.15, -0.1) is 0 Å². The van der Waals surface area contributed by atoms with E-state index in [9.17, 15) is 14.0 Å². The maximum absolute atomic E-state index is 14.0. The molecule has 3 rings (SSSR count). The van der Waals surface area contributed by atoms with Crippen LogP contribution in [0.15, 0.2) is 42.5 Å². The lowest BCUT2D eigenvalue weighted by atomic mass is 10.0. The van der Waals surface area contributed by atoms with Gasteiger partial charge in [0.05, 0.1) is 11.1 Å². The van der Waals surface area contributed by atoms with Crippen molar-refractivity contribution in [2.24, 2.45) is 0 Å². The molecule has 28 heavy (non-hydrogen) atoms. The number of carboxylic acid groups (broad SMARTS) is 1. The number of rotatable bonds is 6. The Labute approximate surface area is 161 Å². The molecule has 0 radical (unpaired) electrons. The number of H-pyrrole nitrogens is 1. The largest absolute Gasteiger partial charge is 0.478 e. The van der Waals surface area contributed by atoms with Crippen molar-refractivity contribution in [2.45, 2.75) is 20.3 Å². The summed E-state index contributed by atoms with van der Waals surface area (Å²) in [5.41, 5.74) is 4.16. The number of nitrogens with one attached hydrogen (secondary N) is 2. The molecule has 0 aliphatic rings. The lowest BCUT2D eigenvalue weighted by Crippen LogP contribution is -2.23. The van der Waals surface area contributed by atoms with Crippen LogP contribution in [-0.4, -0.2) is 28.5 Å². The van der Waals surface area contributed by atoms with E-state index in [4.69, 9.17) is 5.11 Å². The molecule has 0 bridgehead atoms. The van der Waals surface area contributed by atoms with E-state index in [0.717, 1.165) is 22.2 Å². The van der Waals surface area contributed by atoms with Gasteiger partial charge in [-0.2, -0.15) is 0 Å². The molecule has 0 atom stereocenters. The van der Waals surface area contributed by atoms with Crippen LogP contribution in [0.25, 0.3) is 17.0 Å². The highest BCUT2D eigenvalue weighted by Crippen LogP contribution is 2.27. The molecule has 2 aromatic carbocycles. The van der Waals surface area contributed by atoms with E-state index in [1.165, 1.54) is 24.3 Å². The standard InChI is InChI=1S/C22H21FN2O3/c1-13-6-8-18(23)21-20(13)17(14(2)25-21)10-11-24-19(26)9-7-15-4-3-5-16(12-15)22(27)28/h3-9,12,25H,10-11H2,1-2H3,(H,24,26)(H,27,28)/b9-7+. The Hall–Kier alpha value is -3.41. The van der Waals surface area contributed by atoms with Gasteiger partial charge in [-0.05, 0) is 61.2 Å². The predicted molar refractivity (Wildman–Crippen MR) is 107 cm³/mol. The Bertz CT molecular complexity index is 1080. The SMILES string of the molecule is Cc1[nH]c2c(F)ccc(C)c2c1CCNC(=O)/C=C/c1cccc(C(=O)O)c1. The normalized spacial score (nSPS) is 11.2. The van der Waals surface area contributed by atoms with Crippen LogP contribution in [0.5, 0.6) is 0 Å². The molecular formula is C22H21FN2O3. The lowest BCUT2D eigenvalue weighted by molar-refractivity contribution is -0.116. The molecule has 3 N–H and O–H groups in total. The molecule has 0 saturated heterocycles. The lowest BCUT2D eigenvalue weighted by Gasteiger charge is -2.05. The second kappa shape index (κ2) is 8.08. The first-order chi connectivity index (χ1) is 13.4. The van der Waals surface area contributed by atoms with Gasteiger partial charge in [0.1, 0.15) is 5.82 Å². The van der Waals surface area contributed by atoms with E-state index in [1.54, 1.807) is 24.3 Å². The number of hydrogen-bond donors (Lipinski definition) is 3. The molecule has 0 unspecified atom stereocenters. The van der Waals surface area contributed by atoms with E-state index >= 15 is 0 Å². The average molecular weight is 380 g/mol. The number of amides is 1. The van der Waals surface area contributed by atoms with Gasteiger partial charge in [0.15, 0.2) is 0 Å². The minimum atomic E-state index is -1.01. The molecule has 0 fully saturated rings. The zero-order valence-corrected chi connectivity index (χ0v) is 15.7. The minimum Gasteiger partial charge on any atom is -0.478 e.